The van der Waals surface area contributed by atoms with Crippen molar-refractivity contribution >= 4 is 28.4 Å². The molecule has 1 aromatic carbocycles. The Morgan fingerprint density at radius 1 is 1.13 bits per heavy atom. The molecule has 23 heavy (non-hydrogen) atoms. The summed E-state index contributed by atoms with van der Waals surface area (Å²) in [6.45, 7) is 0.0816. The number of hydrogen-bond donors (Lipinski definition) is 2. The lowest BCUT2D eigenvalue weighted by molar-refractivity contribution is 0.0940. The molecule has 0 aliphatic heterocycles. The zero-order valence-electron chi connectivity index (χ0n) is 12.2. The third kappa shape index (κ3) is 3.31. The van der Waals surface area contributed by atoms with E-state index >= 15 is 0 Å². The number of hydrogen-bond acceptors (Lipinski definition) is 4. The van der Waals surface area contributed by atoms with E-state index in [2.05, 4.69) is 15.3 Å². The fourth-order valence-corrected chi connectivity index (χ4v) is 2.40. The number of amides is 1. The maximum Gasteiger partial charge on any atom is 0.269 e. The van der Waals surface area contributed by atoms with Gasteiger partial charge in [-0.15, -0.1) is 0 Å². The molecule has 0 radical (unpaired) electrons. The predicted octanol–water partition coefficient (Wildman–Crippen LogP) is 2.67. The normalized spacial score (nSPS) is 10.7. The van der Waals surface area contributed by atoms with Crippen LogP contribution in [0.15, 0.2) is 48.8 Å². The molecule has 0 spiro atoms. The summed E-state index contributed by atoms with van der Waals surface area (Å²) >= 11 is 5.93. The first-order chi connectivity index (χ1) is 11.2. The summed E-state index contributed by atoms with van der Waals surface area (Å²) in [6.07, 6.45) is 3.42. The van der Waals surface area contributed by atoms with Crippen LogP contribution in [0.25, 0.3) is 22.0 Å². The van der Waals surface area contributed by atoms with E-state index < -0.39 is 0 Å². The second kappa shape index (κ2) is 6.73. The molecule has 5 nitrogen and oxygen atoms in total. The van der Waals surface area contributed by atoms with E-state index in [0.717, 1.165) is 16.5 Å². The highest BCUT2D eigenvalue weighted by atomic mass is 35.5. The minimum atomic E-state index is -0.320. The van der Waals surface area contributed by atoms with Crippen molar-refractivity contribution in [3.05, 3.63) is 59.5 Å². The van der Waals surface area contributed by atoms with Crippen molar-refractivity contribution in [3.8, 4) is 11.1 Å². The van der Waals surface area contributed by atoms with Gasteiger partial charge in [0.15, 0.2) is 0 Å². The number of rotatable bonds is 4. The van der Waals surface area contributed by atoms with E-state index in [1.807, 2.05) is 18.2 Å². The van der Waals surface area contributed by atoms with Crippen LogP contribution in [0.4, 0.5) is 0 Å². The monoisotopic (exact) mass is 327 g/mol. The van der Waals surface area contributed by atoms with Crippen LogP contribution in [0, 0.1) is 0 Å². The molecule has 0 saturated heterocycles. The smallest absolute Gasteiger partial charge is 0.269 e. The fraction of sp³-hybridized carbons (Fsp3) is 0.118. The number of benzene rings is 1. The van der Waals surface area contributed by atoms with Gasteiger partial charge in [0.25, 0.3) is 5.91 Å². The molecule has 2 heterocycles. The molecular formula is C17H14ClN3O2. The Bertz CT molecular complexity index is 850. The molecule has 0 aliphatic carbocycles. The Labute approximate surface area is 138 Å². The van der Waals surface area contributed by atoms with E-state index in [0.29, 0.717) is 16.2 Å². The highest BCUT2D eigenvalue weighted by Gasteiger charge is 2.11. The molecule has 116 valence electrons. The number of fused-ring (bicyclic) bond motifs is 1. The van der Waals surface area contributed by atoms with Crippen molar-refractivity contribution in [1.29, 1.82) is 0 Å². The SMILES string of the molecule is O=C(NCCO)c1ccc2cncc(-c3ccc(Cl)cc3)c2n1. The van der Waals surface area contributed by atoms with Crippen LogP contribution in [0.5, 0.6) is 0 Å². The van der Waals surface area contributed by atoms with Gasteiger partial charge in [-0.25, -0.2) is 4.98 Å². The van der Waals surface area contributed by atoms with Crippen LogP contribution < -0.4 is 5.32 Å². The summed E-state index contributed by atoms with van der Waals surface area (Å²) in [7, 11) is 0. The first-order valence-corrected chi connectivity index (χ1v) is 7.46. The molecule has 0 atom stereocenters. The van der Waals surface area contributed by atoms with E-state index in [9.17, 15) is 4.79 Å². The second-order valence-electron chi connectivity index (χ2n) is 4.94. The van der Waals surface area contributed by atoms with E-state index in [-0.39, 0.29) is 19.1 Å². The maximum atomic E-state index is 12.0. The number of nitrogens with zero attached hydrogens (tertiary/aromatic N) is 2. The molecule has 0 unspecified atom stereocenters. The minimum absolute atomic E-state index is 0.112. The topological polar surface area (TPSA) is 75.1 Å². The lowest BCUT2D eigenvalue weighted by Gasteiger charge is -2.08. The van der Waals surface area contributed by atoms with Crippen molar-refractivity contribution in [2.45, 2.75) is 0 Å². The number of pyridine rings is 2. The summed E-state index contributed by atoms with van der Waals surface area (Å²) in [5.74, 6) is -0.320. The molecule has 2 N–H and O–H groups in total. The van der Waals surface area contributed by atoms with Crippen LogP contribution in [0.1, 0.15) is 10.5 Å². The van der Waals surface area contributed by atoms with Gasteiger partial charge < -0.3 is 10.4 Å². The van der Waals surface area contributed by atoms with Crippen molar-refractivity contribution in [2.75, 3.05) is 13.2 Å². The number of aromatic nitrogens is 2. The number of nitrogens with one attached hydrogen (secondary N) is 1. The Kier molecular flexibility index (Phi) is 4.50. The van der Waals surface area contributed by atoms with Crippen molar-refractivity contribution in [2.24, 2.45) is 0 Å². The van der Waals surface area contributed by atoms with Gasteiger partial charge in [0.05, 0.1) is 12.1 Å². The van der Waals surface area contributed by atoms with E-state index in [1.54, 1.807) is 30.6 Å². The number of aliphatic hydroxyl groups excluding tert-OH is 1. The van der Waals surface area contributed by atoms with Crippen LogP contribution in [0.2, 0.25) is 5.02 Å². The number of carbonyl (C=O) groups excluding carboxylic acids is 1. The van der Waals surface area contributed by atoms with Gasteiger partial charge in [0, 0.05) is 34.9 Å². The summed E-state index contributed by atoms with van der Waals surface area (Å²) in [6, 6.07) is 10.8. The molecule has 3 rings (SSSR count). The second-order valence-corrected chi connectivity index (χ2v) is 5.38. The average Bonchev–Trinajstić information content (AvgIpc) is 2.59. The number of halogens is 1. The van der Waals surface area contributed by atoms with Crippen molar-refractivity contribution in [3.63, 3.8) is 0 Å². The molecular weight excluding hydrogens is 314 g/mol. The summed E-state index contributed by atoms with van der Waals surface area (Å²) < 4.78 is 0. The molecule has 0 bridgehead atoms. The first-order valence-electron chi connectivity index (χ1n) is 7.09. The van der Waals surface area contributed by atoms with Gasteiger partial charge in [0.1, 0.15) is 5.69 Å². The van der Waals surface area contributed by atoms with Crippen LogP contribution in [-0.2, 0) is 0 Å². The van der Waals surface area contributed by atoms with Gasteiger partial charge in [0.2, 0.25) is 0 Å². The zero-order chi connectivity index (χ0) is 16.2. The van der Waals surface area contributed by atoms with Crippen LogP contribution in [-0.4, -0.2) is 34.1 Å². The third-order valence-corrected chi connectivity index (χ3v) is 3.64. The first kappa shape index (κ1) is 15.4. The van der Waals surface area contributed by atoms with Crippen molar-refractivity contribution in [1.82, 2.24) is 15.3 Å². The summed E-state index contributed by atoms with van der Waals surface area (Å²) in [5, 5.41) is 12.9. The average molecular weight is 328 g/mol. The Morgan fingerprint density at radius 3 is 2.65 bits per heavy atom. The van der Waals surface area contributed by atoms with Crippen molar-refractivity contribution < 1.29 is 9.90 Å². The quantitative estimate of drug-likeness (QED) is 0.772. The molecule has 2 aromatic heterocycles. The third-order valence-electron chi connectivity index (χ3n) is 3.38. The lowest BCUT2D eigenvalue weighted by atomic mass is 10.0. The van der Waals surface area contributed by atoms with Gasteiger partial charge in [-0.1, -0.05) is 23.7 Å². The molecule has 0 saturated carbocycles. The molecule has 0 fully saturated rings. The number of aliphatic hydroxyl groups is 1. The van der Waals surface area contributed by atoms with E-state index in [4.69, 9.17) is 16.7 Å². The Morgan fingerprint density at radius 2 is 1.91 bits per heavy atom. The maximum absolute atomic E-state index is 12.0. The van der Waals surface area contributed by atoms with Gasteiger partial charge in [-0.3, -0.25) is 9.78 Å². The van der Waals surface area contributed by atoms with E-state index in [1.165, 1.54) is 0 Å². The standard InChI is InChI=1S/C17H14ClN3O2/c18-13-4-1-11(2-5-13)14-10-19-9-12-3-6-15(21-16(12)14)17(23)20-7-8-22/h1-6,9-10,22H,7-8H2,(H,20,23). The fourth-order valence-electron chi connectivity index (χ4n) is 2.27. The molecule has 0 aliphatic rings. The predicted molar refractivity (Wildman–Crippen MR) is 89.4 cm³/mol. The summed E-state index contributed by atoms with van der Waals surface area (Å²) in [5.41, 5.74) is 2.75. The zero-order valence-corrected chi connectivity index (χ0v) is 12.9. The number of carbonyl (C=O) groups is 1. The van der Waals surface area contributed by atoms with Crippen LogP contribution in [0.3, 0.4) is 0 Å². The highest BCUT2D eigenvalue weighted by molar-refractivity contribution is 6.30. The largest absolute Gasteiger partial charge is 0.395 e. The van der Waals surface area contributed by atoms with Crippen LogP contribution >= 0.6 is 11.6 Å². The molecule has 3 aromatic rings. The summed E-state index contributed by atoms with van der Waals surface area (Å²) in [4.78, 5) is 20.7. The molecule has 1 amide bonds. The minimum Gasteiger partial charge on any atom is -0.395 e. The Hall–Kier alpha value is -2.50. The van der Waals surface area contributed by atoms with Gasteiger partial charge in [-0.05, 0) is 29.8 Å². The Balaban J connectivity index is 2.08. The highest BCUT2D eigenvalue weighted by Crippen LogP contribution is 2.27. The lowest BCUT2D eigenvalue weighted by Crippen LogP contribution is -2.27. The molecule has 6 heteroatoms. The van der Waals surface area contributed by atoms with Gasteiger partial charge >= 0.3 is 0 Å². The van der Waals surface area contributed by atoms with Gasteiger partial charge in [-0.2, -0.15) is 0 Å².